The summed E-state index contributed by atoms with van der Waals surface area (Å²) in [6, 6.07) is 13.4. The quantitative estimate of drug-likeness (QED) is 0.736. The van der Waals surface area contributed by atoms with Crippen molar-refractivity contribution in [1.29, 1.82) is 0 Å². The third-order valence-electron chi connectivity index (χ3n) is 4.70. The number of imide groups is 1. The van der Waals surface area contributed by atoms with E-state index in [0.717, 1.165) is 10.5 Å². The van der Waals surface area contributed by atoms with E-state index in [2.05, 4.69) is 5.32 Å². The molecule has 0 unspecified atom stereocenters. The molecule has 1 atom stereocenters. The average Bonchev–Trinajstić information content (AvgIpc) is 2.88. The van der Waals surface area contributed by atoms with Crippen molar-refractivity contribution in [2.24, 2.45) is 0 Å². The Bertz CT molecular complexity index is 932. The molecule has 0 aromatic heterocycles. The highest BCUT2D eigenvalue weighted by Gasteiger charge is 2.43. The van der Waals surface area contributed by atoms with E-state index in [0.29, 0.717) is 16.4 Å². The monoisotopic (exact) mass is 414 g/mol. The van der Waals surface area contributed by atoms with Gasteiger partial charge in [0.15, 0.2) is 0 Å². The molecule has 0 bridgehead atoms. The molecule has 1 heterocycles. The van der Waals surface area contributed by atoms with Crippen LogP contribution in [0.15, 0.2) is 48.5 Å². The maximum Gasteiger partial charge on any atom is 0.333 e. The lowest BCUT2D eigenvalue weighted by molar-refractivity contribution is -0.129. The topological polar surface area (TPSA) is 73.0 Å². The van der Waals surface area contributed by atoms with Crippen LogP contribution in [0.3, 0.4) is 0 Å². The lowest BCUT2D eigenvalue weighted by Crippen LogP contribution is -2.43. The second-order valence-electron chi connectivity index (χ2n) is 7.11. The number of carbonyl (C=O) groups is 3. The van der Waals surface area contributed by atoms with Crippen LogP contribution in [0.4, 0.5) is 16.2 Å². The van der Waals surface area contributed by atoms with E-state index in [4.69, 9.17) is 11.6 Å². The van der Waals surface area contributed by atoms with Crippen molar-refractivity contribution >= 4 is 40.8 Å². The number of likely N-dealkylation sites (N-methyl/N-ethyl adjacent to an activating group) is 1. The molecule has 1 aliphatic rings. The van der Waals surface area contributed by atoms with Crippen LogP contribution in [0.25, 0.3) is 0 Å². The predicted molar refractivity (Wildman–Crippen MR) is 113 cm³/mol. The largest absolute Gasteiger partial charge is 0.333 e. The van der Waals surface area contributed by atoms with Gasteiger partial charge in [-0.3, -0.25) is 19.4 Å². The minimum atomic E-state index is -0.601. The first-order chi connectivity index (χ1) is 13.8. The predicted octanol–water partition coefficient (Wildman–Crippen LogP) is 3.33. The molecule has 1 aliphatic heterocycles. The summed E-state index contributed by atoms with van der Waals surface area (Å²) in [5.74, 6) is -0.586. The zero-order chi connectivity index (χ0) is 21.1. The summed E-state index contributed by atoms with van der Waals surface area (Å²) in [5.41, 5.74) is 2.25. The minimum Gasteiger partial charge on any atom is -0.324 e. The van der Waals surface area contributed by atoms with Crippen molar-refractivity contribution in [3.63, 3.8) is 0 Å². The Balaban J connectivity index is 1.63. The zero-order valence-corrected chi connectivity index (χ0v) is 17.3. The van der Waals surface area contributed by atoms with Crippen molar-refractivity contribution in [1.82, 2.24) is 9.80 Å². The molecule has 1 fully saturated rings. The molecule has 0 spiro atoms. The highest BCUT2D eigenvalue weighted by atomic mass is 35.5. The van der Waals surface area contributed by atoms with Gasteiger partial charge in [-0.2, -0.15) is 0 Å². The molecule has 8 heteroatoms. The molecule has 7 nitrogen and oxygen atoms in total. The number of halogens is 1. The van der Waals surface area contributed by atoms with Gasteiger partial charge >= 0.3 is 6.03 Å². The third-order valence-corrected chi connectivity index (χ3v) is 5.03. The molecule has 2 aromatic rings. The number of aryl methyl sites for hydroxylation is 1. The Labute approximate surface area is 174 Å². The van der Waals surface area contributed by atoms with E-state index in [1.807, 2.05) is 31.2 Å². The molecule has 0 aliphatic carbocycles. The van der Waals surface area contributed by atoms with Crippen LogP contribution in [-0.4, -0.2) is 53.9 Å². The molecule has 4 amide bonds. The fourth-order valence-electron chi connectivity index (χ4n) is 3.18. The van der Waals surface area contributed by atoms with Gasteiger partial charge < -0.3 is 5.32 Å². The van der Waals surface area contributed by atoms with E-state index in [1.165, 1.54) is 4.90 Å². The van der Waals surface area contributed by atoms with Crippen LogP contribution in [0.2, 0.25) is 5.02 Å². The van der Waals surface area contributed by atoms with E-state index < -0.39 is 12.1 Å². The van der Waals surface area contributed by atoms with E-state index in [1.54, 1.807) is 43.1 Å². The Hall–Kier alpha value is -2.90. The fraction of sp³-hybridized carbons (Fsp3) is 0.286. The van der Waals surface area contributed by atoms with Gasteiger partial charge in [0, 0.05) is 5.69 Å². The Morgan fingerprint density at radius 3 is 2.45 bits per heavy atom. The van der Waals surface area contributed by atoms with Gasteiger partial charge in [0.05, 0.1) is 23.9 Å². The minimum absolute atomic E-state index is 0.00119. The fourth-order valence-corrected chi connectivity index (χ4v) is 3.37. The van der Waals surface area contributed by atoms with Gasteiger partial charge in [-0.05, 0) is 45.2 Å². The molecule has 2 aromatic carbocycles. The Morgan fingerprint density at radius 2 is 1.79 bits per heavy atom. The van der Waals surface area contributed by atoms with Crippen LogP contribution in [0, 0.1) is 6.92 Å². The van der Waals surface area contributed by atoms with Crippen LogP contribution in [0.1, 0.15) is 12.5 Å². The van der Waals surface area contributed by atoms with Crippen LogP contribution in [-0.2, 0) is 9.59 Å². The van der Waals surface area contributed by atoms with Gasteiger partial charge in [0.1, 0.15) is 6.04 Å². The average molecular weight is 415 g/mol. The summed E-state index contributed by atoms with van der Waals surface area (Å²) in [7, 11) is 1.67. The van der Waals surface area contributed by atoms with Crippen molar-refractivity contribution in [2.45, 2.75) is 19.9 Å². The first-order valence-electron chi connectivity index (χ1n) is 9.22. The van der Waals surface area contributed by atoms with Crippen LogP contribution >= 0.6 is 11.6 Å². The van der Waals surface area contributed by atoms with Crippen molar-refractivity contribution in [2.75, 3.05) is 30.5 Å². The SMILES string of the molecule is Cc1ccc(N2C(=O)N(CN(C)CC(=O)Nc3ccccc3Cl)C(=O)[C@@H]2C)cc1. The number of benzene rings is 2. The highest BCUT2D eigenvalue weighted by molar-refractivity contribution is 6.33. The van der Waals surface area contributed by atoms with Crippen molar-refractivity contribution < 1.29 is 14.4 Å². The normalized spacial score (nSPS) is 16.7. The summed E-state index contributed by atoms with van der Waals surface area (Å²) >= 11 is 6.05. The van der Waals surface area contributed by atoms with Crippen molar-refractivity contribution in [3.05, 3.63) is 59.1 Å². The number of amides is 4. The number of hydrogen-bond acceptors (Lipinski definition) is 4. The third kappa shape index (κ3) is 4.58. The number of carbonyl (C=O) groups excluding carboxylic acids is 3. The van der Waals surface area contributed by atoms with Gasteiger partial charge in [-0.15, -0.1) is 0 Å². The van der Waals surface area contributed by atoms with Crippen LogP contribution < -0.4 is 10.2 Å². The second-order valence-corrected chi connectivity index (χ2v) is 7.52. The Kier molecular flexibility index (Phi) is 6.20. The standard InChI is InChI=1S/C21H23ClN4O3/c1-14-8-10-16(11-9-14)26-15(2)20(28)25(21(26)29)13-24(3)12-19(27)23-18-7-5-4-6-17(18)22/h4-11,15H,12-13H2,1-3H3,(H,23,27)/t15-/m0/s1. The first-order valence-corrected chi connectivity index (χ1v) is 9.60. The molecule has 3 rings (SSSR count). The van der Waals surface area contributed by atoms with Gasteiger partial charge in [0.2, 0.25) is 5.91 Å². The number of anilines is 2. The summed E-state index contributed by atoms with van der Waals surface area (Å²) in [6.45, 7) is 3.67. The number of nitrogens with one attached hydrogen (secondary N) is 1. The molecular formula is C21H23ClN4O3. The smallest absolute Gasteiger partial charge is 0.324 e. The molecule has 152 valence electrons. The van der Waals surface area contributed by atoms with Crippen LogP contribution in [0.5, 0.6) is 0 Å². The van der Waals surface area contributed by atoms with E-state index in [-0.39, 0.29) is 25.0 Å². The molecule has 29 heavy (non-hydrogen) atoms. The molecular weight excluding hydrogens is 392 g/mol. The molecule has 1 saturated heterocycles. The molecule has 1 N–H and O–H groups in total. The maximum absolute atomic E-state index is 12.9. The zero-order valence-electron chi connectivity index (χ0n) is 16.6. The summed E-state index contributed by atoms with van der Waals surface area (Å²) in [6.07, 6.45) is 0. The Morgan fingerprint density at radius 1 is 1.14 bits per heavy atom. The number of urea groups is 1. The van der Waals surface area contributed by atoms with E-state index in [9.17, 15) is 14.4 Å². The number of rotatable bonds is 6. The lowest BCUT2D eigenvalue weighted by Gasteiger charge is -2.23. The molecule has 0 saturated carbocycles. The number of nitrogens with zero attached hydrogens (tertiary/aromatic N) is 3. The second kappa shape index (κ2) is 8.63. The summed E-state index contributed by atoms with van der Waals surface area (Å²) < 4.78 is 0. The van der Waals surface area contributed by atoms with Gasteiger partial charge in [0.25, 0.3) is 5.91 Å². The van der Waals surface area contributed by atoms with Crippen molar-refractivity contribution in [3.8, 4) is 0 Å². The number of para-hydroxylation sites is 1. The maximum atomic E-state index is 12.9. The molecule has 0 radical (unpaired) electrons. The van der Waals surface area contributed by atoms with E-state index >= 15 is 0 Å². The van der Waals surface area contributed by atoms with Gasteiger partial charge in [-0.25, -0.2) is 9.69 Å². The number of hydrogen-bond donors (Lipinski definition) is 1. The lowest BCUT2D eigenvalue weighted by atomic mass is 10.2. The van der Waals surface area contributed by atoms with Gasteiger partial charge in [-0.1, -0.05) is 41.4 Å². The highest BCUT2D eigenvalue weighted by Crippen LogP contribution is 2.26. The summed E-state index contributed by atoms with van der Waals surface area (Å²) in [5, 5.41) is 3.17. The first kappa shape index (κ1) is 20.8. The summed E-state index contributed by atoms with van der Waals surface area (Å²) in [4.78, 5) is 42.0.